The summed E-state index contributed by atoms with van der Waals surface area (Å²) in [5, 5.41) is 10.2. The van der Waals surface area contributed by atoms with Crippen LogP contribution in [0.5, 0.6) is 0 Å². The number of halogens is 1. The van der Waals surface area contributed by atoms with Gasteiger partial charge in [0.25, 0.3) is 0 Å². The summed E-state index contributed by atoms with van der Waals surface area (Å²) >= 11 is 1.14. The number of imide groups is 1. The molecule has 2 aromatic rings. The number of methoxy groups -OCH3 is 1. The van der Waals surface area contributed by atoms with Crippen LogP contribution in [-0.2, 0) is 16.1 Å². The number of hydrogen-bond donors (Lipinski definition) is 1. The number of hydrogen-bond acceptors (Lipinski definition) is 6. The van der Waals surface area contributed by atoms with E-state index in [-0.39, 0.29) is 5.82 Å². The molecule has 1 atom stereocenters. The number of aromatic nitrogens is 3. The SMILES string of the molecule is C=CCn1c(S[C@@H](C)C(=O)NC(=O)OC)nnc1-c1ccc(F)cc1. The molecule has 7 nitrogen and oxygen atoms in total. The van der Waals surface area contributed by atoms with Crippen molar-refractivity contribution in [3.8, 4) is 11.4 Å². The van der Waals surface area contributed by atoms with E-state index in [9.17, 15) is 14.0 Å². The van der Waals surface area contributed by atoms with Gasteiger partial charge in [-0.2, -0.15) is 0 Å². The van der Waals surface area contributed by atoms with Crippen LogP contribution in [0.3, 0.4) is 0 Å². The maximum absolute atomic E-state index is 13.1. The Labute approximate surface area is 148 Å². The predicted molar refractivity (Wildman–Crippen MR) is 91.5 cm³/mol. The molecule has 0 fully saturated rings. The number of benzene rings is 1. The van der Waals surface area contributed by atoms with E-state index in [4.69, 9.17) is 0 Å². The molecule has 1 N–H and O–H groups in total. The van der Waals surface area contributed by atoms with Gasteiger partial charge in [0.05, 0.1) is 12.4 Å². The summed E-state index contributed by atoms with van der Waals surface area (Å²) in [6, 6.07) is 5.87. The fourth-order valence-electron chi connectivity index (χ4n) is 1.95. The standard InChI is InChI=1S/C16H17FN4O3S/c1-4-9-21-13(11-5-7-12(17)8-6-11)19-20-15(21)25-10(2)14(22)18-16(23)24-3/h4-8,10H,1,9H2,2-3H3,(H,18,22,23)/t10-/m0/s1. The Hall–Kier alpha value is -2.68. The Morgan fingerprint density at radius 3 is 2.68 bits per heavy atom. The fraction of sp³-hybridized carbons (Fsp3) is 0.250. The molecule has 0 saturated heterocycles. The monoisotopic (exact) mass is 364 g/mol. The van der Waals surface area contributed by atoms with Crippen LogP contribution in [0.4, 0.5) is 9.18 Å². The quantitative estimate of drug-likeness (QED) is 0.626. The first-order chi connectivity index (χ1) is 12.0. The van der Waals surface area contributed by atoms with Gasteiger partial charge in [-0.05, 0) is 31.2 Å². The Bertz CT molecular complexity index is 776. The molecule has 25 heavy (non-hydrogen) atoms. The molecule has 0 unspecified atom stereocenters. The molecule has 2 rings (SSSR count). The van der Waals surface area contributed by atoms with Crippen molar-refractivity contribution in [2.24, 2.45) is 0 Å². The third-order valence-corrected chi connectivity index (χ3v) is 4.27. The summed E-state index contributed by atoms with van der Waals surface area (Å²) in [7, 11) is 1.18. The number of rotatable bonds is 6. The summed E-state index contributed by atoms with van der Waals surface area (Å²) in [6.07, 6.45) is 0.844. The van der Waals surface area contributed by atoms with Gasteiger partial charge in [0.15, 0.2) is 11.0 Å². The van der Waals surface area contributed by atoms with Crippen molar-refractivity contribution in [1.29, 1.82) is 0 Å². The molecule has 1 aromatic heterocycles. The van der Waals surface area contributed by atoms with E-state index < -0.39 is 17.3 Å². The Balaban J connectivity index is 2.23. The van der Waals surface area contributed by atoms with Crippen LogP contribution in [0.15, 0.2) is 42.1 Å². The second kappa shape index (κ2) is 8.43. The highest BCUT2D eigenvalue weighted by atomic mass is 32.2. The van der Waals surface area contributed by atoms with Crippen molar-refractivity contribution >= 4 is 23.8 Å². The number of alkyl carbamates (subject to hydrolysis) is 1. The van der Waals surface area contributed by atoms with Gasteiger partial charge in [0, 0.05) is 12.1 Å². The normalized spacial score (nSPS) is 11.6. The number of carbonyl (C=O) groups excluding carboxylic acids is 2. The summed E-state index contributed by atoms with van der Waals surface area (Å²) in [5.74, 6) is -0.322. The van der Waals surface area contributed by atoms with E-state index in [0.717, 1.165) is 11.8 Å². The summed E-state index contributed by atoms with van der Waals surface area (Å²) in [6.45, 7) is 5.75. The molecule has 132 valence electrons. The van der Waals surface area contributed by atoms with E-state index in [0.29, 0.717) is 23.1 Å². The van der Waals surface area contributed by atoms with Gasteiger partial charge in [-0.3, -0.25) is 14.7 Å². The third-order valence-electron chi connectivity index (χ3n) is 3.19. The van der Waals surface area contributed by atoms with Gasteiger partial charge in [0.2, 0.25) is 5.91 Å². The molecule has 0 spiro atoms. The number of amides is 2. The summed E-state index contributed by atoms with van der Waals surface area (Å²) in [5.41, 5.74) is 0.689. The van der Waals surface area contributed by atoms with Crippen molar-refractivity contribution in [1.82, 2.24) is 20.1 Å². The minimum atomic E-state index is -0.822. The van der Waals surface area contributed by atoms with Crippen LogP contribution in [0.1, 0.15) is 6.92 Å². The number of thioether (sulfide) groups is 1. The second-order valence-electron chi connectivity index (χ2n) is 4.95. The minimum Gasteiger partial charge on any atom is -0.453 e. The highest BCUT2D eigenvalue weighted by molar-refractivity contribution is 8.00. The zero-order chi connectivity index (χ0) is 18.4. The molecule has 1 heterocycles. The lowest BCUT2D eigenvalue weighted by atomic mass is 10.2. The van der Waals surface area contributed by atoms with Crippen LogP contribution in [0.25, 0.3) is 11.4 Å². The number of nitrogens with one attached hydrogen (secondary N) is 1. The Morgan fingerprint density at radius 1 is 1.40 bits per heavy atom. The first-order valence-corrected chi connectivity index (χ1v) is 8.19. The molecule has 9 heteroatoms. The molecule has 0 aliphatic heterocycles. The molecule has 0 saturated carbocycles. The van der Waals surface area contributed by atoms with Gasteiger partial charge in [-0.25, -0.2) is 9.18 Å². The highest BCUT2D eigenvalue weighted by Gasteiger charge is 2.22. The van der Waals surface area contributed by atoms with Gasteiger partial charge >= 0.3 is 6.09 Å². The van der Waals surface area contributed by atoms with Crippen molar-refractivity contribution < 1.29 is 18.7 Å². The minimum absolute atomic E-state index is 0.346. The van der Waals surface area contributed by atoms with Gasteiger partial charge in [0.1, 0.15) is 5.82 Å². The fourth-order valence-corrected chi connectivity index (χ4v) is 2.81. The number of carbonyl (C=O) groups is 2. The predicted octanol–water partition coefficient (Wildman–Crippen LogP) is 2.63. The number of ether oxygens (including phenoxy) is 1. The third kappa shape index (κ3) is 4.66. The second-order valence-corrected chi connectivity index (χ2v) is 6.26. The summed E-state index contributed by atoms with van der Waals surface area (Å²) < 4.78 is 19.3. The Morgan fingerprint density at radius 2 is 2.08 bits per heavy atom. The van der Waals surface area contributed by atoms with Crippen molar-refractivity contribution in [2.45, 2.75) is 23.9 Å². The van der Waals surface area contributed by atoms with Crippen molar-refractivity contribution in [2.75, 3.05) is 7.11 Å². The molecule has 2 amide bonds. The molecule has 0 bridgehead atoms. The maximum atomic E-state index is 13.1. The molecule has 1 aromatic carbocycles. The zero-order valence-corrected chi connectivity index (χ0v) is 14.5. The summed E-state index contributed by atoms with van der Waals surface area (Å²) in [4.78, 5) is 23.1. The molecule has 0 aliphatic rings. The van der Waals surface area contributed by atoms with Crippen LogP contribution in [0.2, 0.25) is 0 Å². The molecule has 0 radical (unpaired) electrons. The molecular weight excluding hydrogens is 347 g/mol. The first kappa shape index (κ1) is 18.7. The van der Waals surface area contributed by atoms with Gasteiger partial charge in [-0.1, -0.05) is 17.8 Å². The van der Waals surface area contributed by atoms with Crippen LogP contribution in [-0.4, -0.2) is 39.1 Å². The lowest BCUT2D eigenvalue weighted by molar-refractivity contribution is -0.119. The van der Waals surface area contributed by atoms with E-state index in [1.165, 1.54) is 19.2 Å². The van der Waals surface area contributed by atoms with E-state index >= 15 is 0 Å². The van der Waals surface area contributed by atoms with E-state index in [2.05, 4.69) is 26.8 Å². The topological polar surface area (TPSA) is 86.1 Å². The van der Waals surface area contributed by atoms with Crippen LogP contribution >= 0.6 is 11.8 Å². The van der Waals surface area contributed by atoms with Crippen LogP contribution in [0, 0.1) is 5.82 Å². The van der Waals surface area contributed by atoms with E-state index in [1.807, 2.05) is 0 Å². The van der Waals surface area contributed by atoms with Gasteiger partial charge < -0.3 is 4.74 Å². The maximum Gasteiger partial charge on any atom is 0.413 e. The number of allylic oxidation sites excluding steroid dienone is 1. The van der Waals surface area contributed by atoms with E-state index in [1.54, 1.807) is 29.7 Å². The average molecular weight is 364 g/mol. The van der Waals surface area contributed by atoms with Crippen molar-refractivity contribution in [3.05, 3.63) is 42.7 Å². The first-order valence-electron chi connectivity index (χ1n) is 7.31. The number of nitrogens with zero attached hydrogens (tertiary/aromatic N) is 3. The van der Waals surface area contributed by atoms with Crippen molar-refractivity contribution in [3.63, 3.8) is 0 Å². The van der Waals surface area contributed by atoms with Gasteiger partial charge in [-0.15, -0.1) is 16.8 Å². The molecule has 0 aliphatic carbocycles. The largest absolute Gasteiger partial charge is 0.453 e. The highest BCUT2D eigenvalue weighted by Crippen LogP contribution is 2.27. The zero-order valence-electron chi connectivity index (χ0n) is 13.7. The average Bonchev–Trinajstić information content (AvgIpc) is 2.98. The lowest BCUT2D eigenvalue weighted by Crippen LogP contribution is -2.36. The Kier molecular flexibility index (Phi) is 6.29. The smallest absolute Gasteiger partial charge is 0.413 e. The lowest BCUT2D eigenvalue weighted by Gasteiger charge is -2.12. The van der Waals surface area contributed by atoms with Crippen LogP contribution < -0.4 is 5.32 Å². The molecular formula is C16H17FN4O3S.